The number of carbonyl (C=O) groups is 2. The minimum absolute atomic E-state index is 0.0158. The fraction of sp³-hybridized carbons (Fsp3) is 0.474. The zero-order chi connectivity index (χ0) is 17.3. The van der Waals surface area contributed by atoms with Gasteiger partial charge in [-0.15, -0.1) is 0 Å². The van der Waals surface area contributed by atoms with Crippen LogP contribution >= 0.6 is 0 Å². The molecule has 1 aliphatic carbocycles. The number of amides is 2. The van der Waals surface area contributed by atoms with E-state index in [1.807, 2.05) is 25.1 Å². The molecule has 24 heavy (non-hydrogen) atoms. The molecule has 0 radical (unpaired) electrons. The number of methoxy groups -OCH3 is 2. The van der Waals surface area contributed by atoms with E-state index in [1.165, 1.54) is 10.5 Å². The molecule has 5 heteroatoms. The predicted octanol–water partition coefficient (Wildman–Crippen LogP) is 2.59. The first-order valence-electron chi connectivity index (χ1n) is 8.27. The van der Waals surface area contributed by atoms with Crippen LogP contribution in [0.2, 0.25) is 0 Å². The molecule has 0 saturated carbocycles. The Balaban J connectivity index is 1.69. The van der Waals surface area contributed by atoms with Crippen molar-refractivity contribution in [2.75, 3.05) is 20.8 Å². The van der Waals surface area contributed by atoms with Crippen molar-refractivity contribution in [1.82, 2.24) is 4.90 Å². The van der Waals surface area contributed by atoms with E-state index >= 15 is 0 Å². The lowest BCUT2D eigenvalue weighted by molar-refractivity contribution is -0.139. The summed E-state index contributed by atoms with van der Waals surface area (Å²) >= 11 is 0. The number of ether oxygens (including phenoxy) is 2. The number of carbonyl (C=O) groups excluding carboxylic acids is 2. The predicted molar refractivity (Wildman–Crippen MR) is 89.9 cm³/mol. The fourth-order valence-electron chi connectivity index (χ4n) is 3.60. The van der Waals surface area contributed by atoms with Crippen LogP contribution in [0, 0.1) is 11.8 Å². The second-order valence-corrected chi connectivity index (χ2v) is 6.47. The summed E-state index contributed by atoms with van der Waals surface area (Å²) in [5, 5.41) is 0. The van der Waals surface area contributed by atoms with E-state index in [2.05, 4.69) is 6.08 Å². The minimum atomic E-state index is -0.161. The molecule has 0 bridgehead atoms. The van der Waals surface area contributed by atoms with Crippen molar-refractivity contribution in [1.29, 1.82) is 0 Å². The molecular formula is C19H23NO4. The Labute approximate surface area is 142 Å². The van der Waals surface area contributed by atoms with E-state index in [9.17, 15) is 9.59 Å². The van der Waals surface area contributed by atoms with Crippen molar-refractivity contribution >= 4 is 11.8 Å². The summed E-state index contributed by atoms with van der Waals surface area (Å²) in [5.74, 6) is 0.969. The highest BCUT2D eigenvalue weighted by Gasteiger charge is 2.47. The molecule has 0 spiro atoms. The Hall–Kier alpha value is -2.30. The Morgan fingerprint density at radius 1 is 1.08 bits per heavy atom. The molecule has 3 rings (SSSR count). The Morgan fingerprint density at radius 2 is 1.79 bits per heavy atom. The lowest BCUT2D eigenvalue weighted by atomic mass is 9.82. The van der Waals surface area contributed by atoms with Crippen LogP contribution in [0.3, 0.4) is 0 Å². The highest BCUT2D eigenvalue weighted by Crippen LogP contribution is 2.37. The third kappa shape index (κ3) is 2.90. The van der Waals surface area contributed by atoms with Gasteiger partial charge in [0.05, 0.1) is 26.1 Å². The van der Waals surface area contributed by atoms with Gasteiger partial charge >= 0.3 is 0 Å². The van der Waals surface area contributed by atoms with Crippen molar-refractivity contribution in [2.45, 2.75) is 26.2 Å². The largest absolute Gasteiger partial charge is 0.493 e. The summed E-state index contributed by atoms with van der Waals surface area (Å²) in [5.41, 5.74) is 2.22. The van der Waals surface area contributed by atoms with Gasteiger partial charge in [-0.05, 0) is 43.9 Å². The standard InChI is InChI=1S/C19H23NO4/c1-12-4-6-14-15(10-12)19(22)20(18(14)21)9-8-13-5-7-16(23-2)17(11-13)24-3/h4-5,7,11,14-15H,6,8-10H2,1-3H3/t14-,15-/m1/s1. The van der Waals surface area contributed by atoms with E-state index in [0.717, 1.165) is 5.56 Å². The minimum Gasteiger partial charge on any atom is -0.493 e. The quantitative estimate of drug-likeness (QED) is 0.615. The maximum Gasteiger partial charge on any atom is 0.233 e. The van der Waals surface area contributed by atoms with Gasteiger partial charge in [0.1, 0.15) is 0 Å². The van der Waals surface area contributed by atoms with Crippen LogP contribution in [0.25, 0.3) is 0 Å². The molecule has 0 aromatic heterocycles. The van der Waals surface area contributed by atoms with Crippen molar-refractivity contribution in [2.24, 2.45) is 11.8 Å². The van der Waals surface area contributed by atoms with Crippen LogP contribution in [-0.4, -0.2) is 37.5 Å². The van der Waals surface area contributed by atoms with Gasteiger partial charge in [-0.2, -0.15) is 0 Å². The van der Waals surface area contributed by atoms with Crippen LogP contribution in [0.15, 0.2) is 29.8 Å². The third-order valence-electron chi connectivity index (χ3n) is 4.99. The molecule has 1 saturated heterocycles. The molecule has 2 aliphatic rings. The highest BCUT2D eigenvalue weighted by atomic mass is 16.5. The lowest BCUT2D eigenvalue weighted by Crippen LogP contribution is -2.33. The summed E-state index contributed by atoms with van der Waals surface area (Å²) in [7, 11) is 3.19. The first kappa shape index (κ1) is 16.6. The number of benzene rings is 1. The van der Waals surface area contributed by atoms with Gasteiger partial charge in [0.25, 0.3) is 0 Å². The van der Waals surface area contributed by atoms with Crippen LogP contribution in [-0.2, 0) is 16.0 Å². The van der Waals surface area contributed by atoms with Gasteiger partial charge in [0.2, 0.25) is 11.8 Å². The van der Waals surface area contributed by atoms with E-state index in [4.69, 9.17) is 9.47 Å². The normalized spacial score (nSPS) is 23.1. The zero-order valence-corrected chi connectivity index (χ0v) is 14.4. The number of nitrogens with zero attached hydrogens (tertiary/aromatic N) is 1. The van der Waals surface area contributed by atoms with E-state index in [0.29, 0.717) is 37.3 Å². The SMILES string of the molecule is COc1ccc(CCN2C(=O)[C@@H]3CC=C(C)C[C@H]3C2=O)cc1OC. The number of hydrogen-bond acceptors (Lipinski definition) is 4. The van der Waals surface area contributed by atoms with E-state index < -0.39 is 0 Å². The number of hydrogen-bond donors (Lipinski definition) is 0. The van der Waals surface area contributed by atoms with Crippen LogP contribution in [0.1, 0.15) is 25.3 Å². The lowest BCUT2D eigenvalue weighted by Gasteiger charge is -2.19. The van der Waals surface area contributed by atoms with Crippen LogP contribution < -0.4 is 9.47 Å². The van der Waals surface area contributed by atoms with Gasteiger partial charge in [-0.1, -0.05) is 17.7 Å². The molecule has 2 amide bonds. The first-order valence-corrected chi connectivity index (χ1v) is 8.27. The zero-order valence-electron chi connectivity index (χ0n) is 14.4. The number of likely N-dealkylation sites (tertiary alicyclic amines) is 1. The maximum absolute atomic E-state index is 12.6. The number of fused-ring (bicyclic) bond motifs is 1. The molecule has 1 aromatic rings. The van der Waals surface area contributed by atoms with Gasteiger partial charge in [-0.3, -0.25) is 14.5 Å². The topological polar surface area (TPSA) is 55.8 Å². The Morgan fingerprint density at radius 3 is 2.50 bits per heavy atom. The van der Waals surface area contributed by atoms with Crippen LogP contribution in [0.5, 0.6) is 11.5 Å². The number of imide groups is 1. The van der Waals surface area contributed by atoms with E-state index in [1.54, 1.807) is 14.2 Å². The summed E-state index contributed by atoms with van der Waals surface area (Å²) in [6, 6.07) is 5.67. The van der Waals surface area contributed by atoms with Crippen molar-refractivity contribution in [3.05, 3.63) is 35.4 Å². The molecular weight excluding hydrogens is 306 g/mol. The summed E-state index contributed by atoms with van der Waals surface area (Å²) in [4.78, 5) is 26.5. The average molecular weight is 329 g/mol. The molecule has 128 valence electrons. The second-order valence-electron chi connectivity index (χ2n) is 6.47. The van der Waals surface area contributed by atoms with Gasteiger partial charge in [0.15, 0.2) is 11.5 Å². The molecule has 1 heterocycles. The number of allylic oxidation sites excluding steroid dienone is 2. The second kappa shape index (κ2) is 6.67. The molecule has 1 fully saturated rings. The highest BCUT2D eigenvalue weighted by molar-refractivity contribution is 6.05. The molecule has 2 atom stereocenters. The summed E-state index contributed by atoms with van der Waals surface area (Å²) < 4.78 is 10.5. The average Bonchev–Trinajstić information content (AvgIpc) is 2.83. The molecule has 1 aliphatic heterocycles. The third-order valence-corrected chi connectivity index (χ3v) is 4.99. The Kier molecular flexibility index (Phi) is 4.60. The fourth-order valence-corrected chi connectivity index (χ4v) is 3.60. The maximum atomic E-state index is 12.6. The smallest absolute Gasteiger partial charge is 0.233 e. The van der Waals surface area contributed by atoms with Gasteiger partial charge < -0.3 is 9.47 Å². The van der Waals surface area contributed by atoms with Crippen LogP contribution in [0.4, 0.5) is 0 Å². The Bertz CT molecular complexity index is 695. The monoisotopic (exact) mass is 329 g/mol. The first-order chi connectivity index (χ1) is 11.5. The van der Waals surface area contributed by atoms with Crippen molar-refractivity contribution in [3.8, 4) is 11.5 Å². The number of rotatable bonds is 5. The molecule has 0 unspecified atom stereocenters. The summed E-state index contributed by atoms with van der Waals surface area (Å²) in [6.45, 7) is 2.44. The summed E-state index contributed by atoms with van der Waals surface area (Å²) in [6.07, 6.45) is 4.10. The van der Waals surface area contributed by atoms with E-state index in [-0.39, 0.29) is 23.7 Å². The van der Waals surface area contributed by atoms with Crippen molar-refractivity contribution in [3.63, 3.8) is 0 Å². The van der Waals surface area contributed by atoms with Crippen molar-refractivity contribution < 1.29 is 19.1 Å². The molecule has 0 N–H and O–H groups in total. The molecule has 5 nitrogen and oxygen atoms in total. The van der Waals surface area contributed by atoms with Gasteiger partial charge in [0, 0.05) is 6.54 Å². The molecule has 1 aromatic carbocycles. The van der Waals surface area contributed by atoms with Gasteiger partial charge in [-0.25, -0.2) is 0 Å².